The van der Waals surface area contributed by atoms with E-state index in [1.165, 1.54) is 10.9 Å². The van der Waals surface area contributed by atoms with Gasteiger partial charge in [-0.1, -0.05) is 24.3 Å². The maximum absolute atomic E-state index is 13.7. The molecule has 222 valence electrons. The van der Waals surface area contributed by atoms with Crippen LogP contribution in [0.15, 0.2) is 43.0 Å². The Balaban J connectivity index is 1.26. The van der Waals surface area contributed by atoms with Gasteiger partial charge in [-0.2, -0.15) is 13.2 Å². The summed E-state index contributed by atoms with van der Waals surface area (Å²) in [4.78, 5) is 37.8. The van der Waals surface area contributed by atoms with Crippen LogP contribution in [0.5, 0.6) is 5.88 Å². The van der Waals surface area contributed by atoms with Crippen LogP contribution in [-0.2, 0) is 11.0 Å². The molecule has 4 heterocycles. The van der Waals surface area contributed by atoms with E-state index in [4.69, 9.17) is 14.7 Å². The van der Waals surface area contributed by atoms with Gasteiger partial charge in [0.15, 0.2) is 11.5 Å². The van der Waals surface area contributed by atoms with E-state index in [1.807, 2.05) is 39.1 Å². The second-order valence-electron chi connectivity index (χ2n) is 11.8. The van der Waals surface area contributed by atoms with Crippen LogP contribution in [0.2, 0.25) is 0 Å². The molecule has 9 nitrogen and oxygen atoms in total. The first kappa shape index (κ1) is 27.5. The summed E-state index contributed by atoms with van der Waals surface area (Å²) < 4.78 is 47.4. The quantitative estimate of drug-likeness (QED) is 0.243. The lowest BCUT2D eigenvalue weighted by Gasteiger charge is -2.33. The molecule has 1 aromatic carbocycles. The predicted molar refractivity (Wildman–Crippen MR) is 151 cm³/mol. The van der Waals surface area contributed by atoms with Gasteiger partial charge in [-0.05, 0) is 45.6 Å². The molecule has 1 aliphatic heterocycles. The number of hydrogen-bond acceptors (Lipinski definition) is 7. The fraction of sp³-hybridized carbons (Fsp3) is 0.419. The number of imidazole rings is 1. The Labute approximate surface area is 246 Å². The van der Waals surface area contributed by atoms with E-state index < -0.39 is 17.9 Å². The maximum Gasteiger partial charge on any atom is 0.434 e. The molecule has 2 saturated carbocycles. The molecule has 3 aromatic heterocycles. The van der Waals surface area contributed by atoms with Crippen LogP contribution in [-0.4, -0.2) is 42.5 Å². The van der Waals surface area contributed by atoms with Gasteiger partial charge in [0.05, 0.1) is 18.8 Å². The summed E-state index contributed by atoms with van der Waals surface area (Å²) in [6, 6.07) is 6.56. The van der Waals surface area contributed by atoms with Gasteiger partial charge < -0.3 is 9.30 Å². The molecule has 0 saturated heterocycles. The Kier molecular flexibility index (Phi) is 6.30. The van der Waals surface area contributed by atoms with Crippen molar-refractivity contribution in [1.29, 1.82) is 0 Å². The molecule has 43 heavy (non-hydrogen) atoms. The number of halogens is 3. The summed E-state index contributed by atoms with van der Waals surface area (Å²) >= 11 is 0. The van der Waals surface area contributed by atoms with E-state index >= 15 is 0 Å². The topological polar surface area (TPSA) is 98.9 Å². The number of benzene rings is 1. The summed E-state index contributed by atoms with van der Waals surface area (Å²) in [5.74, 6) is 1.89. The van der Waals surface area contributed by atoms with Gasteiger partial charge in [-0.25, -0.2) is 24.9 Å². The van der Waals surface area contributed by atoms with Crippen LogP contribution in [0.4, 0.5) is 19.0 Å². The number of methoxy groups -OCH3 is 1. The van der Waals surface area contributed by atoms with Crippen molar-refractivity contribution in [3.8, 4) is 28.7 Å². The van der Waals surface area contributed by atoms with Crippen molar-refractivity contribution in [2.24, 2.45) is 5.92 Å². The number of fused-ring (bicyclic) bond motifs is 3. The molecule has 4 aromatic rings. The number of hydrogen-bond donors (Lipinski definition) is 0. The molecule has 0 radical (unpaired) electrons. The minimum Gasteiger partial charge on any atom is -0.480 e. The Hall–Kier alpha value is -4.35. The smallest absolute Gasteiger partial charge is 0.434 e. The SMILES string of the molecule is COc1ncnc(C2CC2)c1-c1ncc2c(n1)N([C@H](C)c1ccc(-c3nc(C(F)(F)F)cn3C(C)C)cc1)C(=O)[C@@H]1C[C@H]21. The van der Waals surface area contributed by atoms with Crippen LogP contribution < -0.4 is 9.64 Å². The first-order valence-electron chi connectivity index (χ1n) is 14.4. The molecule has 0 N–H and O–H groups in total. The highest BCUT2D eigenvalue weighted by Gasteiger charge is 2.53. The predicted octanol–water partition coefficient (Wildman–Crippen LogP) is 6.49. The average molecular weight is 590 g/mol. The highest BCUT2D eigenvalue weighted by Crippen LogP contribution is 2.56. The normalized spacial score (nSPS) is 20.2. The number of aromatic nitrogens is 6. The summed E-state index contributed by atoms with van der Waals surface area (Å²) in [6.07, 6.45) is 2.60. The fourth-order valence-electron chi connectivity index (χ4n) is 6.04. The van der Waals surface area contributed by atoms with Crippen molar-refractivity contribution < 1.29 is 22.7 Å². The van der Waals surface area contributed by atoms with E-state index in [9.17, 15) is 18.0 Å². The van der Waals surface area contributed by atoms with Gasteiger partial charge in [-0.3, -0.25) is 9.69 Å². The number of amides is 1. The molecule has 2 aliphatic carbocycles. The van der Waals surface area contributed by atoms with E-state index in [-0.39, 0.29) is 29.6 Å². The third-order valence-corrected chi connectivity index (χ3v) is 8.61. The Bertz CT molecular complexity index is 1730. The summed E-state index contributed by atoms with van der Waals surface area (Å²) in [5, 5.41) is 0. The van der Waals surface area contributed by atoms with Crippen molar-refractivity contribution in [3.05, 3.63) is 65.5 Å². The van der Waals surface area contributed by atoms with Crippen molar-refractivity contribution in [2.45, 2.75) is 70.1 Å². The van der Waals surface area contributed by atoms with Crippen LogP contribution in [0.25, 0.3) is 22.8 Å². The summed E-state index contributed by atoms with van der Waals surface area (Å²) in [7, 11) is 1.55. The molecule has 7 rings (SSSR count). The maximum atomic E-state index is 13.7. The second kappa shape index (κ2) is 9.85. The second-order valence-corrected chi connectivity index (χ2v) is 11.8. The van der Waals surface area contributed by atoms with Gasteiger partial charge in [0.2, 0.25) is 11.8 Å². The van der Waals surface area contributed by atoms with Crippen molar-refractivity contribution in [1.82, 2.24) is 29.5 Å². The van der Waals surface area contributed by atoms with Gasteiger partial charge in [-0.15, -0.1) is 0 Å². The molecule has 3 atom stereocenters. The standard InChI is InChI=1S/C31H30F3N7O2/c1-15(2)40-13-23(31(32,33)34)38-27(40)19-9-5-17(6-10-19)16(3)41-28-22(20-11-21(20)30(41)42)12-35-26(39-28)24-25(18-7-8-18)36-14-37-29(24)43-4/h5-6,9-10,12-16,18,20-21H,7-8,11H2,1-4H3/t16-,20+,21-/m1/s1. The van der Waals surface area contributed by atoms with Crippen LogP contribution in [0.3, 0.4) is 0 Å². The van der Waals surface area contributed by atoms with E-state index in [2.05, 4.69) is 15.0 Å². The Morgan fingerprint density at radius 1 is 1.00 bits per heavy atom. The lowest BCUT2D eigenvalue weighted by atomic mass is 9.99. The number of nitrogens with zero attached hydrogens (tertiary/aromatic N) is 7. The minimum absolute atomic E-state index is 0.00240. The third kappa shape index (κ3) is 4.63. The van der Waals surface area contributed by atoms with Crippen molar-refractivity contribution >= 4 is 11.7 Å². The summed E-state index contributed by atoms with van der Waals surface area (Å²) in [5.41, 5.74) is 2.88. The number of carbonyl (C=O) groups excluding carboxylic acids is 1. The Morgan fingerprint density at radius 2 is 1.74 bits per heavy atom. The minimum atomic E-state index is -4.54. The third-order valence-electron chi connectivity index (χ3n) is 8.61. The molecular formula is C31H30F3N7O2. The number of rotatable bonds is 7. The van der Waals surface area contributed by atoms with Crippen molar-refractivity contribution in [3.63, 3.8) is 0 Å². The molecule has 0 spiro atoms. The van der Waals surface area contributed by atoms with Crippen LogP contribution in [0.1, 0.15) is 86.5 Å². The molecule has 3 aliphatic rings. The number of anilines is 1. The Morgan fingerprint density at radius 3 is 2.40 bits per heavy atom. The molecule has 1 amide bonds. The van der Waals surface area contributed by atoms with Crippen LogP contribution >= 0.6 is 0 Å². The van der Waals surface area contributed by atoms with Crippen LogP contribution in [0, 0.1) is 5.92 Å². The molecular weight excluding hydrogens is 559 g/mol. The summed E-state index contributed by atoms with van der Waals surface area (Å²) in [6.45, 7) is 5.56. The zero-order chi connectivity index (χ0) is 30.2. The molecule has 0 bridgehead atoms. The van der Waals surface area contributed by atoms with Gasteiger partial charge in [0, 0.05) is 47.3 Å². The fourth-order valence-corrected chi connectivity index (χ4v) is 6.04. The zero-order valence-electron chi connectivity index (χ0n) is 24.1. The first-order chi connectivity index (χ1) is 20.6. The van der Waals surface area contributed by atoms with Gasteiger partial charge in [0.25, 0.3) is 0 Å². The van der Waals surface area contributed by atoms with E-state index in [0.717, 1.165) is 42.3 Å². The monoisotopic (exact) mass is 589 g/mol. The zero-order valence-corrected chi connectivity index (χ0v) is 24.1. The van der Waals surface area contributed by atoms with E-state index in [1.54, 1.807) is 24.1 Å². The molecule has 12 heteroatoms. The number of alkyl halides is 3. The first-order valence-corrected chi connectivity index (χ1v) is 14.4. The molecule has 0 unspecified atom stereocenters. The lowest BCUT2D eigenvalue weighted by Crippen LogP contribution is -2.39. The van der Waals surface area contributed by atoms with Gasteiger partial charge >= 0.3 is 6.18 Å². The number of carbonyl (C=O) groups is 1. The van der Waals surface area contributed by atoms with Gasteiger partial charge in [0.1, 0.15) is 23.5 Å². The highest BCUT2D eigenvalue weighted by molar-refractivity contribution is 6.01. The van der Waals surface area contributed by atoms with E-state index in [0.29, 0.717) is 34.6 Å². The molecule has 2 fully saturated rings. The van der Waals surface area contributed by atoms with Crippen molar-refractivity contribution in [2.75, 3.05) is 12.0 Å². The number of ether oxygens (including phenoxy) is 1. The highest BCUT2D eigenvalue weighted by atomic mass is 19.4. The largest absolute Gasteiger partial charge is 0.480 e. The lowest BCUT2D eigenvalue weighted by molar-refractivity contribution is -0.141. The average Bonchev–Trinajstić information content (AvgIpc) is 3.93.